The molecule has 0 aromatic heterocycles. The highest BCUT2D eigenvalue weighted by molar-refractivity contribution is 8.00. The van der Waals surface area contributed by atoms with Crippen LogP contribution in [0.25, 0.3) is 0 Å². The van der Waals surface area contributed by atoms with Gasteiger partial charge in [-0.25, -0.2) is 13.1 Å². The lowest BCUT2D eigenvalue weighted by Crippen LogP contribution is -2.36. The van der Waals surface area contributed by atoms with Gasteiger partial charge in [-0.15, -0.1) is 0 Å². The van der Waals surface area contributed by atoms with Crippen LogP contribution >= 0.6 is 11.8 Å². The van der Waals surface area contributed by atoms with Crippen molar-refractivity contribution in [1.82, 2.24) is 4.72 Å². The number of rotatable bonds is 6. The van der Waals surface area contributed by atoms with Gasteiger partial charge in [-0.05, 0) is 44.7 Å². The molecule has 3 N–H and O–H groups in total. The van der Waals surface area contributed by atoms with Crippen LogP contribution in [0.3, 0.4) is 0 Å². The van der Waals surface area contributed by atoms with E-state index in [1.165, 1.54) is 0 Å². The summed E-state index contributed by atoms with van der Waals surface area (Å²) < 4.78 is 26.8. The Hall–Kier alpha value is -0.560. The van der Waals surface area contributed by atoms with Crippen molar-refractivity contribution >= 4 is 21.8 Å². The predicted molar refractivity (Wildman–Crippen MR) is 81.8 cm³/mol. The Morgan fingerprint density at radius 1 is 1.32 bits per heavy atom. The fourth-order valence-electron chi connectivity index (χ4n) is 1.37. The molecule has 0 bridgehead atoms. The molecule has 0 saturated heterocycles. The summed E-state index contributed by atoms with van der Waals surface area (Å²) in [7, 11) is -3.45. The minimum atomic E-state index is -3.45. The van der Waals surface area contributed by atoms with Gasteiger partial charge in [0.05, 0.1) is 4.90 Å². The molecular weight excluding hydrogens is 280 g/mol. The molecule has 19 heavy (non-hydrogen) atoms. The van der Waals surface area contributed by atoms with E-state index >= 15 is 0 Å². The summed E-state index contributed by atoms with van der Waals surface area (Å²) in [5, 5.41) is 0. The third kappa shape index (κ3) is 4.80. The Bertz CT molecular complexity index is 508. The highest BCUT2D eigenvalue weighted by Gasteiger charge is 2.21. The van der Waals surface area contributed by atoms with E-state index < -0.39 is 10.0 Å². The Labute approximate surface area is 120 Å². The molecular formula is C13H22N2O2S2. The molecule has 1 aromatic carbocycles. The van der Waals surface area contributed by atoms with Crippen molar-refractivity contribution in [3.05, 3.63) is 29.8 Å². The summed E-state index contributed by atoms with van der Waals surface area (Å²) in [5.41, 5.74) is 6.66. The van der Waals surface area contributed by atoms with Gasteiger partial charge in [0.25, 0.3) is 0 Å². The standard InChI is InChI=1S/C13H22N2O2S2/c1-10(14)11-5-7-12(8-6-11)19(16,17)15-9-13(2,3)18-4/h5-8,10,15H,9,14H2,1-4H3. The zero-order valence-electron chi connectivity index (χ0n) is 11.8. The van der Waals surface area contributed by atoms with Crippen molar-refractivity contribution in [2.75, 3.05) is 12.8 Å². The molecule has 4 nitrogen and oxygen atoms in total. The molecule has 1 rings (SSSR count). The zero-order valence-corrected chi connectivity index (χ0v) is 13.4. The molecule has 0 radical (unpaired) electrons. The van der Waals surface area contributed by atoms with Crippen LogP contribution in [0.5, 0.6) is 0 Å². The van der Waals surface area contributed by atoms with Crippen LogP contribution in [-0.4, -0.2) is 26.0 Å². The van der Waals surface area contributed by atoms with Crippen LogP contribution in [-0.2, 0) is 10.0 Å². The zero-order chi connectivity index (χ0) is 14.7. The summed E-state index contributed by atoms with van der Waals surface area (Å²) in [6, 6.07) is 6.58. The van der Waals surface area contributed by atoms with E-state index in [0.29, 0.717) is 6.54 Å². The minimum absolute atomic E-state index is 0.0971. The van der Waals surface area contributed by atoms with E-state index in [0.717, 1.165) is 5.56 Å². The van der Waals surface area contributed by atoms with Gasteiger partial charge in [-0.2, -0.15) is 11.8 Å². The Morgan fingerprint density at radius 3 is 2.26 bits per heavy atom. The number of benzene rings is 1. The van der Waals surface area contributed by atoms with Gasteiger partial charge in [0.15, 0.2) is 0 Å². The van der Waals surface area contributed by atoms with E-state index in [9.17, 15) is 8.42 Å². The summed E-state index contributed by atoms with van der Waals surface area (Å²) in [4.78, 5) is 0.272. The second-order valence-corrected chi connectivity index (χ2v) is 8.43. The molecule has 108 valence electrons. The second kappa shape index (κ2) is 6.26. The van der Waals surface area contributed by atoms with Gasteiger partial charge >= 0.3 is 0 Å². The Morgan fingerprint density at radius 2 is 1.84 bits per heavy atom. The van der Waals surface area contributed by atoms with Crippen molar-refractivity contribution in [3.8, 4) is 0 Å². The quantitative estimate of drug-likeness (QED) is 0.844. The van der Waals surface area contributed by atoms with Gasteiger partial charge in [0.2, 0.25) is 10.0 Å². The molecule has 1 unspecified atom stereocenters. The van der Waals surface area contributed by atoms with Gasteiger partial charge < -0.3 is 5.73 Å². The first-order valence-corrected chi connectivity index (χ1v) is 8.79. The summed E-state index contributed by atoms with van der Waals surface area (Å²) >= 11 is 1.63. The first-order valence-electron chi connectivity index (χ1n) is 6.08. The van der Waals surface area contributed by atoms with Gasteiger partial charge in [-0.1, -0.05) is 12.1 Å². The molecule has 0 aliphatic heterocycles. The van der Waals surface area contributed by atoms with Gasteiger partial charge in [-0.3, -0.25) is 0 Å². The maximum Gasteiger partial charge on any atom is 0.240 e. The predicted octanol–water partition coefficient (Wildman–Crippen LogP) is 2.13. The summed E-state index contributed by atoms with van der Waals surface area (Å²) in [5.74, 6) is 0. The van der Waals surface area contributed by atoms with Crippen LogP contribution < -0.4 is 10.5 Å². The molecule has 0 amide bonds. The highest BCUT2D eigenvalue weighted by atomic mass is 32.2. The normalized spacial score (nSPS) is 14.4. The maximum absolute atomic E-state index is 12.1. The number of nitrogens with one attached hydrogen (secondary N) is 1. The number of nitrogens with two attached hydrogens (primary N) is 1. The average molecular weight is 302 g/mol. The largest absolute Gasteiger partial charge is 0.324 e. The highest BCUT2D eigenvalue weighted by Crippen LogP contribution is 2.21. The van der Waals surface area contributed by atoms with Crippen LogP contribution in [0.15, 0.2) is 29.2 Å². The maximum atomic E-state index is 12.1. The van der Waals surface area contributed by atoms with E-state index in [1.807, 2.05) is 27.0 Å². The lowest BCUT2D eigenvalue weighted by molar-refractivity contribution is 0.570. The van der Waals surface area contributed by atoms with Crippen molar-refractivity contribution < 1.29 is 8.42 Å². The Balaban J connectivity index is 2.83. The van der Waals surface area contributed by atoms with Gasteiger partial charge in [0, 0.05) is 17.3 Å². The third-order valence-electron chi connectivity index (χ3n) is 2.96. The number of hydrogen-bond donors (Lipinski definition) is 2. The van der Waals surface area contributed by atoms with Crippen LogP contribution in [0.2, 0.25) is 0 Å². The molecule has 0 saturated carbocycles. The van der Waals surface area contributed by atoms with E-state index in [2.05, 4.69) is 4.72 Å². The topological polar surface area (TPSA) is 72.2 Å². The van der Waals surface area contributed by atoms with E-state index in [-0.39, 0.29) is 15.7 Å². The first-order chi connectivity index (χ1) is 8.68. The molecule has 0 heterocycles. The number of sulfonamides is 1. The molecule has 0 aliphatic rings. The van der Waals surface area contributed by atoms with Gasteiger partial charge in [0.1, 0.15) is 0 Å². The van der Waals surface area contributed by atoms with Crippen molar-refractivity contribution in [2.24, 2.45) is 5.73 Å². The minimum Gasteiger partial charge on any atom is -0.324 e. The first kappa shape index (κ1) is 16.5. The molecule has 0 spiro atoms. The third-order valence-corrected chi connectivity index (χ3v) is 5.62. The van der Waals surface area contributed by atoms with Crippen molar-refractivity contribution in [2.45, 2.75) is 36.5 Å². The molecule has 0 fully saturated rings. The van der Waals surface area contributed by atoms with Crippen LogP contribution in [0, 0.1) is 0 Å². The molecule has 6 heteroatoms. The fraction of sp³-hybridized carbons (Fsp3) is 0.538. The average Bonchev–Trinajstić information content (AvgIpc) is 2.37. The van der Waals surface area contributed by atoms with Crippen molar-refractivity contribution in [1.29, 1.82) is 0 Å². The second-order valence-electron chi connectivity index (χ2n) is 5.15. The summed E-state index contributed by atoms with van der Waals surface area (Å²) in [6.07, 6.45) is 1.96. The van der Waals surface area contributed by atoms with Crippen LogP contribution in [0.1, 0.15) is 32.4 Å². The lowest BCUT2D eigenvalue weighted by Gasteiger charge is -2.22. The molecule has 0 aliphatic carbocycles. The monoisotopic (exact) mass is 302 g/mol. The molecule has 1 atom stereocenters. The SMILES string of the molecule is CSC(C)(C)CNS(=O)(=O)c1ccc(C(C)N)cc1. The lowest BCUT2D eigenvalue weighted by atomic mass is 10.1. The van der Waals surface area contributed by atoms with E-state index in [1.54, 1.807) is 36.0 Å². The Kier molecular flexibility index (Phi) is 5.43. The molecule has 1 aromatic rings. The number of hydrogen-bond acceptors (Lipinski definition) is 4. The smallest absolute Gasteiger partial charge is 0.240 e. The number of thioether (sulfide) groups is 1. The fourth-order valence-corrected chi connectivity index (χ4v) is 2.89. The van der Waals surface area contributed by atoms with Crippen molar-refractivity contribution in [3.63, 3.8) is 0 Å². The van der Waals surface area contributed by atoms with Crippen LogP contribution in [0.4, 0.5) is 0 Å². The summed E-state index contributed by atoms with van der Waals surface area (Å²) in [6.45, 7) is 6.26. The van der Waals surface area contributed by atoms with E-state index in [4.69, 9.17) is 5.73 Å².